The third kappa shape index (κ3) is 3.66. The quantitative estimate of drug-likeness (QED) is 0.389. The summed E-state index contributed by atoms with van der Waals surface area (Å²) < 4.78 is 6.19. The molecule has 1 aromatic heterocycles. The van der Waals surface area contributed by atoms with E-state index in [2.05, 4.69) is 25.9 Å². The molecule has 0 fully saturated rings. The molecule has 0 bridgehead atoms. The molecule has 0 saturated heterocycles. The number of nitrogens with one attached hydrogen (secondary N) is 1. The molecule has 4 rings (SSSR count). The van der Waals surface area contributed by atoms with Gasteiger partial charge in [0.05, 0.1) is 16.5 Å². The van der Waals surface area contributed by atoms with Gasteiger partial charge in [-0.05, 0) is 54.6 Å². The molecule has 0 aliphatic heterocycles. The van der Waals surface area contributed by atoms with E-state index >= 15 is 0 Å². The Morgan fingerprint density at radius 3 is 2.52 bits per heavy atom. The van der Waals surface area contributed by atoms with Crippen LogP contribution < -0.4 is 10.3 Å². The molecule has 5 nitrogen and oxygen atoms in total. The first-order valence-corrected chi connectivity index (χ1v) is 8.97. The van der Waals surface area contributed by atoms with Crippen LogP contribution in [-0.2, 0) is 0 Å². The summed E-state index contributed by atoms with van der Waals surface area (Å²) in [6, 6.07) is 21.0. The first-order chi connectivity index (χ1) is 13.1. The van der Waals surface area contributed by atoms with Gasteiger partial charge in [-0.3, -0.25) is 4.79 Å². The molecule has 1 N–H and O–H groups in total. The normalized spacial score (nSPS) is 10.7. The maximum atomic E-state index is 12.2. The maximum absolute atomic E-state index is 12.2. The minimum absolute atomic E-state index is 0.194. The molecule has 27 heavy (non-hydrogen) atoms. The smallest absolute Gasteiger partial charge is 0.343 e. The topological polar surface area (TPSA) is 72.0 Å². The van der Waals surface area contributed by atoms with Crippen molar-refractivity contribution in [3.8, 4) is 17.1 Å². The summed E-state index contributed by atoms with van der Waals surface area (Å²) in [5.74, 6) is 0.428. The molecule has 0 atom stereocenters. The summed E-state index contributed by atoms with van der Waals surface area (Å²) in [6.45, 7) is 0. The van der Waals surface area contributed by atoms with Gasteiger partial charge >= 0.3 is 5.97 Å². The first kappa shape index (κ1) is 17.2. The van der Waals surface area contributed by atoms with Gasteiger partial charge in [0.1, 0.15) is 11.6 Å². The Hall–Kier alpha value is -3.25. The third-order valence-electron chi connectivity index (χ3n) is 4.01. The van der Waals surface area contributed by atoms with Crippen LogP contribution in [-0.4, -0.2) is 15.9 Å². The number of hydrogen-bond acceptors (Lipinski definition) is 4. The van der Waals surface area contributed by atoms with Crippen LogP contribution in [0.15, 0.2) is 82.1 Å². The zero-order chi connectivity index (χ0) is 18.8. The Bertz CT molecular complexity index is 1200. The van der Waals surface area contributed by atoms with Gasteiger partial charge in [-0.15, -0.1) is 0 Å². The lowest BCUT2D eigenvalue weighted by Crippen LogP contribution is -2.09. The monoisotopic (exact) mass is 420 g/mol. The van der Waals surface area contributed by atoms with E-state index in [0.29, 0.717) is 28.0 Å². The van der Waals surface area contributed by atoms with E-state index in [1.54, 1.807) is 60.7 Å². The van der Waals surface area contributed by atoms with Crippen molar-refractivity contribution in [1.29, 1.82) is 0 Å². The molecule has 0 aliphatic rings. The summed E-state index contributed by atoms with van der Waals surface area (Å²) >= 11 is 3.33. The van der Waals surface area contributed by atoms with Crippen molar-refractivity contribution < 1.29 is 9.53 Å². The molecule has 0 spiro atoms. The van der Waals surface area contributed by atoms with E-state index in [1.165, 1.54) is 0 Å². The van der Waals surface area contributed by atoms with E-state index < -0.39 is 5.97 Å². The lowest BCUT2D eigenvalue weighted by molar-refractivity contribution is 0.0734. The number of carbonyl (C=O) groups excluding carboxylic acids is 1. The number of benzene rings is 3. The first-order valence-electron chi connectivity index (χ1n) is 8.17. The van der Waals surface area contributed by atoms with Gasteiger partial charge in [-0.1, -0.05) is 34.1 Å². The number of esters is 1. The highest BCUT2D eigenvalue weighted by Crippen LogP contribution is 2.21. The van der Waals surface area contributed by atoms with E-state index in [-0.39, 0.29) is 5.56 Å². The Morgan fingerprint density at radius 1 is 0.963 bits per heavy atom. The van der Waals surface area contributed by atoms with Crippen LogP contribution in [0.4, 0.5) is 0 Å². The van der Waals surface area contributed by atoms with Crippen molar-refractivity contribution in [2.45, 2.75) is 0 Å². The minimum Gasteiger partial charge on any atom is -0.423 e. The largest absolute Gasteiger partial charge is 0.423 e. The predicted molar refractivity (Wildman–Crippen MR) is 107 cm³/mol. The molecular weight excluding hydrogens is 408 g/mol. The molecule has 0 amide bonds. The predicted octanol–water partition coefficient (Wildman–Crippen LogP) is 4.57. The summed E-state index contributed by atoms with van der Waals surface area (Å²) in [5.41, 5.74) is 1.61. The third-order valence-corrected chi connectivity index (χ3v) is 4.50. The molecule has 0 unspecified atom stereocenters. The van der Waals surface area contributed by atoms with Crippen LogP contribution in [0.25, 0.3) is 22.3 Å². The Labute approximate surface area is 162 Å². The van der Waals surface area contributed by atoms with Gasteiger partial charge in [-0.2, -0.15) is 0 Å². The highest BCUT2D eigenvalue weighted by molar-refractivity contribution is 9.10. The summed E-state index contributed by atoms with van der Waals surface area (Å²) in [4.78, 5) is 31.7. The van der Waals surface area contributed by atoms with Crippen molar-refractivity contribution in [2.75, 3.05) is 0 Å². The number of carbonyl (C=O) groups is 1. The lowest BCUT2D eigenvalue weighted by Gasteiger charge is -2.07. The number of hydrogen-bond donors (Lipinski definition) is 1. The fourth-order valence-corrected chi connectivity index (χ4v) is 3.08. The number of para-hydroxylation sites is 1. The second kappa shape index (κ2) is 7.17. The number of ether oxygens (including phenoxy) is 1. The Balaban J connectivity index is 1.59. The van der Waals surface area contributed by atoms with Crippen LogP contribution in [0, 0.1) is 0 Å². The number of fused-ring (bicyclic) bond motifs is 1. The number of rotatable bonds is 3. The molecular formula is C21H13BrN2O3. The van der Waals surface area contributed by atoms with Gasteiger partial charge in [0.15, 0.2) is 0 Å². The van der Waals surface area contributed by atoms with Crippen molar-refractivity contribution in [3.63, 3.8) is 0 Å². The number of halogens is 1. The summed E-state index contributed by atoms with van der Waals surface area (Å²) in [6.07, 6.45) is 0. The Morgan fingerprint density at radius 2 is 1.74 bits per heavy atom. The highest BCUT2D eigenvalue weighted by Gasteiger charge is 2.10. The molecule has 0 saturated carbocycles. The van der Waals surface area contributed by atoms with Gasteiger partial charge in [0.2, 0.25) is 0 Å². The number of aromatic nitrogens is 2. The van der Waals surface area contributed by atoms with E-state index in [4.69, 9.17) is 4.74 Å². The molecule has 0 aliphatic carbocycles. The minimum atomic E-state index is -0.443. The van der Waals surface area contributed by atoms with Crippen LogP contribution >= 0.6 is 15.9 Å². The zero-order valence-electron chi connectivity index (χ0n) is 14.0. The van der Waals surface area contributed by atoms with Crippen LogP contribution in [0.2, 0.25) is 0 Å². The standard InChI is InChI=1S/C21H13BrN2O3/c22-15-5-3-4-14(12-15)21(26)27-16-10-8-13(9-11-16)19-23-18-7-2-1-6-17(18)20(25)24-19/h1-12H,(H,23,24,25). The second-order valence-electron chi connectivity index (χ2n) is 5.86. The van der Waals surface area contributed by atoms with E-state index in [9.17, 15) is 9.59 Å². The van der Waals surface area contributed by atoms with Gasteiger partial charge in [0.25, 0.3) is 5.56 Å². The molecule has 1 heterocycles. The van der Waals surface area contributed by atoms with Gasteiger partial charge < -0.3 is 9.72 Å². The van der Waals surface area contributed by atoms with Crippen LogP contribution in [0.5, 0.6) is 5.75 Å². The highest BCUT2D eigenvalue weighted by atomic mass is 79.9. The SMILES string of the molecule is O=C(Oc1ccc(-c2nc3ccccc3c(=O)[nH]2)cc1)c1cccc(Br)c1. The molecule has 3 aromatic carbocycles. The van der Waals surface area contributed by atoms with E-state index in [0.717, 1.165) is 10.0 Å². The second-order valence-corrected chi connectivity index (χ2v) is 6.77. The zero-order valence-corrected chi connectivity index (χ0v) is 15.6. The van der Waals surface area contributed by atoms with E-state index in [1.807, 2.05) is 12.1 Å². The van der Waals surface area contributed by atoms with Crippen molar-refractivity contribution in [3.05, 3.63) is 93.2 Å². The lowest BCUT2D eigenvalue weighted by atomic mass is 10.2. The van der Waals surface area contributed by atoms with Crippen molar-refractivity contribution in [2.24, 2.45) is 0 Å². The van der Waals surface area contributed by atoms with Crippen LogP contribution in [0.1, 0.15) is 10.4 Å². The number of H-pyrrole nitrogens is 1. The fraction of sp³-hybridized carbons (Fsp3) is 0. The molecule has 0 radical (unpaired) electrons. The fourth-order valence-electron chi connectivity index (χ4n) is 2.69. The molecule has 6 heteroatoms. The Kier molecular flexibility index (Phi) is 4.56. The number of nitrogens with zero attached hydrogens (tertiary/aromatic N) is 1. The van der Waals surface area contributed by atoms with Crippen molar-refractivity contribution in [1.82, 2.24) is 9.97 Å². The van der Waals surface area contributed by atoms with Crippen molar-refractivity contribution >= 4 is 32.8 Å². The molecule has 132 valence electrons. The van der Waals surface area contributed by atoms with Crippen LogP contribution in [0.3, 0.4) is 0 Å². The average Bonchev–Trinajstić information content (AvgIpc) is 2.68. The maximum Gasteiger partial charge on any atom is 0.343 e. The summed E-state index contributed by atoms with van der Waals surface area (Å²) in [5, 5.41) is 0.542. The van der Waals surface area contributed by atoms with Gasteiger partial charge in [0, 0.05) is 10.0 Å². The number of aromatic amines is 1. The molecule has 4 aromatic rings. The van der Waals surface area contributed by atoms with Gasteiger partial charge in [-0.25, -0.2) is 9.78 Å². The average molecular weight is 421 g/mol. The summed E-state index contributed by atoms with van der Waals surface area (Å²) in [7, 11) is 0.